The molecule has 6 nitrogen and oxygen atoms in total. The van der Waals surface area contributed by atoms with Gasteiger partial charge in [-0.15, -0.1) is 0 Å². The molecule has 1 atom stereocenters. The largest absolute Gasteiger partial charge is 0.494 e. The summed E-state index contributed by atoms with van der Waals surface area (Å²) >= 11 is 1.19. The summed E-state index contributed by atoms with van der Waals surface area (Å²) in [6.07, 6.45) is 0.0786. The number of thioether (sulfide) groups is 1. The molecule has 7 heteroatoms. The van der Waals surface area contributed by atoms with Crippen molar-refractivity contribution in [2.45, 2.75) is 44.4 Å². The number of aryl methyl sites for hydroxylation is 1. The first-order valence-electron chi connectivity index (χ1n) is 9.01. The zero-order valence-corrected chi connectivity index (χ0v) is 17.1. The number of aromatic nitrogens is 1. The Kier molecular flexibility index (Phi) is 5.71. The van der Waals surface area contributed by atoms with E-state index >= 15 is 0 Å². The molecule has 1 aliphatic heterocycles. The third-order valence-corrected chi connectivity index (χ3v) is 6.01. The number of anilines is 1. The number of hydrogen-bond acceptors (Lipinski definition) is 6. The van der Waals surface area contributed by atoms with Crippen LogP contribution in [0.25, 0.3) is 0 Å². The van der Waals surface area contributed by atoms with Crippen LogP contribution in [0.15, 0.2) is 29.3 Å². The van der Waals surface area contributed by atoms with Crippen LogP contribution in [0.3, 0.4) is 0 Å². The maximum Gasteiger partial charge on any atom is 0.247 e. The number of hydrogen-bond donors (Lipinski definition) is 0. The summed E-state index contributed by atoms with van der Waals surface area (Å²) in [7, 11) is 0. The minimum atomic E-state index is -0.597. The molecule has 1 saturated heterocycles. The summed E-state index contributed by atoms with van der Waals surface area (Å²) in [5.74, 6) is 0.135. The highest BCUT2D eigenvalue weighted by atomic mass is 32.2. The van der Waals surface area contributed by atoms with Gasteiger partial charge in [-0.1, -0.05) is 11.8 Å². The lowest BCUT2D eigenvalue weighted by Gasteiger charge is -2.16. The van der Waals surface area contributed by atoms with E-state index in [1.807, 2.05) is 27.7 Å². The zero-order valence-electron chi connectivity index (χ0n) is 16.3. The van der Waals surface area contributed by atoms with Gasteiger partial charge in [0.25, 0.3) is 0 Å². The predicted octanol–water partition coefficient (Wildman–Crippen LogP) is 3.70. The van der Waals surface area contributed by atoms with Gasteiger partial charge in [0.15, 0.2) is 0 Å². The van der Waals surface area contributed by atoms with Gasteiger partial charge in [-0.2, -0.15) is 5.26 Å². The van der Waals surface area contributed by atoms with Gasteiger partial charge in [-0.05, 0) is 63.1 Å². The lowest BCUT2D eigenvalue weighted by molar-refractivity contribution is -0.121. The molecule has 1 aromatic heterocycles. The third kappa shape index (κ3) is 3.60. The van der Waals surface area contributed by atoms with Crippen LogP contribution in [-0.4, -0.2) is 28.7 Å². The van der Waals surface area contributed by atoms with E-state index in [-0.39, 0.29) is 18.2 Å². The first-order valence-corrected chi connectivity index (χ1v) is 9.89. The van der Waals surface area contributed by atoms with E-state index in [0.717, 1.165) is 16.8 Å². The third-order valence-electron chi connectivity index (χ3n) is 4.84. The molecule has 0 saturated carbocycles. The summed E-state index contributed by atoms with van der Waals surface area (Å²) < 4.78 is 5.40. The van der Waals surface area contributed by atoms with Crippen molar-refractivity contribution < 1.29 is 14.3 Å². The second-order valence-electron chi connectivity index (χ2n) is 6.54. The van der Waals surface area contributed by atoms with Crippen LogP contribution in [0.1, 0.15) is 35.7 Å². The monoisotopic (exact) mass is 395 g/mol. The van der Waals surface area contributed by atoms with Crippen molar-refractivity contribution in [1.82, 2.24) is 4.98 Å². The van der Waals surface area contributed by atoms with Crippen LogP contribution in [0.2, 0.25) is 0 Å². The lowest BCUT2D eigenvalue weighted by atomic mass is 10.1. The van der Waals surface area contributed by atoms with E-state index in [2.05, 4.69) is 11.1 Å². The summed E-state index contributed by atoms with van der Waals surface area (Å²) in [5.41, 5.74) is 3.63. The average molecular weight is 395 g/mol. The molecule has 28 heavy (non-hydrogen) atoms. The highest BCUT2D eigenvalue weighted by Crippen LogP contribution is 2.36. The molecule has 0 spiro atoms. The van der Waals surface area contributed by atoms with Gasteiger partial charge >= 0.3 is 0 Å². The van der Waals surface area contributed by atoms with E-state index in [1.165, 1.54) is 16.7 Å². The minimum absolute atomic E-state index is 0.0786. The average Bonchev–Trinajstić information content (AvgIpc) is 2.94. The van der Waals surface area contributed by atoms with Crippen molar-refractivity contribution in [3.63, 3.8) is 0 Å². The quantitative estimate of drug-likeness (QED) is 0.718. The molecule has 0 unspecified atom stereocenters. The number of nitrogens with zero attached hydrogens (tertiary/aromatic N) is 3. The summed E-state index contributed by atoms with van der Waals surface area (Å²) in [6.45, 7) is 8.11. The maximum absolute atomic E-state index is 12.9. The van der Waals surface area contributed by atoms with Crippen LogP contribution >= 0.6 is 11.8 Å². The second-order valence-corrected chi connectivity index (χ2v) is 7.74. The van der Waals surface area contributed by atoms with Gasteiger partial charge in [-0.3, -0.25) is 9.59 Å². The number of rotatable bonds is 5. The van der Waals surface area contributed by atoms with E-state index in [0.29, 0.717) is 28.6 Å². The van der Waals surface area contributed by atoms with Gasteiger partial charge in [0.05, 0.1) is 23.1 Å². The van der Waals surface area contributed by atoms with Crippen LogP contribution in [0.4, 0.5) is 5.69 Å². The number of carbonyl (C=O) groups excluding carboxylic acids is 2. The number of imide groups is 1. The molecule has 1 aromatic carbocycles. The Hall–Kier alpha value is -2.85. The molecule has 0 N–H and O–H groups in total. The molecule has 2 amide bonds. The number of ether oxygens (including phenoxy) is 1. The molecule has 144 valence electrons. The van der Waals surface area contributed by atoms with Crippen LogP contribution in [-0.2, 0) is 9.59 Å². The molecule has 2 heterocycles. The fourth-order valence-corrected chi connectivity index (χ4v) is 4.30. The lowest BCUT2D eigenvalue weighted by Crippen LogP contribution is -2.31. The van der Waals surface area contributed by atoms with Crippen molar-refractivity contribution in [2.24, 2.45) is 0 Å². The van der Waals surface area contributed by atoms with E-state index in [9.17, 15) is 14.9 Å². The number of pyridine rings is 1. The second kappa shape index (κ2) is 8.03. The molecule has 1 aliphatic rings. The van der Waals surface area contributed by atoms with Gasteiger partial charge in [0.1, 0.15) is 16.8 Å². The van der Waals surface area contributed by atoms with E-state index in [4.69, 9.17) is 4.74 Å². The first-order chi connectivity index (χ1) is 13.4. The zero-order chi connectivity index (χ0) is 20.4. The predicted molar refractivity (Wildman–Crippen MR) is 108 cm³/mol. The molecule has 0 aliphatic carbocycles. The maximum atomic E-state index is 12.9. The first kappa shape index (κ1) is 19.9. The van der Waals surface area contributed by atoms with Gasteiger partial charge < -0.3 is 4.74 Å². The Morgan fingerprint density at radius 1 is 1.21 bits per heavy atom. The Labute approximate surface area is 168 Å². The number of carbonyl (C=O) groups is 2. The summed E-state index contributed by atoms with van der Waals surface area (Å²) in [6, 6.07) is 9.06. The Morgan fingerprint density at radius 3 is 2.50 bits per heavy atom. The van der Waals surface area contributed by atoms with Crippen LogP contribution in [0, 0.1) is 32.1 Å². The normalized spacial score (nSPS) is 16.4. The minimum Gasteiger partial charge on any atom is -0.494 e. The van der Waals surface area contributed by atoms with Crippen molar-refractivity contribution in [2.75, 3.05) is 11.5 Å². The van der Waals surface area contributed by atoms with Gasteiger partial charge in [-0.25, -0.2) is 9.88 Å². The SMILES string of the molecule is CCOc1ccc(N2C(=O)C[C@@H](Sc3nc(C)c(C)c(C)c3C#N)C2=O)cc1. The van der Waals surface area contributed by atoms with Crippen molar-refractivity contribution in [1.29, 1.82) is 5.26 Å². The molecule has 0 radical (unpaired) electrons. The fraction of sp³-hybridized carbons (Fsp3) is 0.333. The Balaban J connectivity index is 1.86. The van der Waals surface area contributed by atoms with Crippen molar-refractivity contribution in [3.05, 3.63) is 46.6 Å². The summed E-state index contributed by atoms with van der Waals surface area (Å²) in [5, 5.41) is 9.43. The molecule has 3 rings (SSSR count). The van der Waals surface area contributed by atoms with E-state index < -0.39 is 5.25 Å². The number of amides is 2. The summed E-state index contributed by atoms with van der Waals surface area (Å²) in [4.78, 5) is 31.1. The van der Waals surface area contributed by atoms with Crippen LogP contribution < -0.4 is 9.64 Å². The molecular weight excluding hydrogens is 374 g/mol. The molecule has 1 fully saturated rings. The number of nitriles is 1. The standard InChI is InChI=1S/C21H21N3O3S/c1-5-27-16-8-6-15(7-9-16)24-19(25)10-18(21(24)26)28-20-17(11-22)13(3)12(2)14(4)23-20/h6-9,18H,5,10H2,1-4H3/t18-/m1/s1. The van der Waals surface area contributed by atoms with Crippen molar-refractivity contribution >= 4 is 29.3 Å². The number of benzene rings is 1. The van der Waals surface area contributed by atoms with E-state index in [1.54, 1.807) is 24.3 Å². The van der Waals surface area contributed by atoms with Gasteiger partial charge in [0, 0.05) is 12.1 Å². The van der Waals surface area contributed by atoms with Crippen molar-refractivity contribution in [3.8, 4) is 11.8 Å². The molecule has 0 bridgehead atoms. The highest BCUT2D eigenvalue weighted by molar-refractivity contribution is 8.00. The van der Waals surface area contributed by atoms with Crippen LogP contribution in [0.5, 0.6) is 5.75 Å². The smallest absolute Gasteiger partial charge is 0.247 e. The fourth-order valence-electron chi connectivity index (χ4n) is 3.09. The highest BCUT2D eigenvalue weighted by Gasteiger charge is 2.41. The molecular formula is C21H21N3O3S. The molecule has 2 aromatic rings. The topological polar surface area (TPSA) is 83.3 Å². The Morgan fingerprint density at radius 2 is 1.89 bits per heavy atom. The van der Waals surface area contributed by atoms with Gasteiger partial charge in [0.2, 0.25) is 11.8 Å². The Bertz CT molecular complexity index is 980.